The van der Waals surface area contributed by atoms with Crippen molar-refractivity contribution < 1.29 is 4.39 Å². The highest BCUT2D eigenvalue weighted by Crippen LogP contribution is 2.27. The van der Waals surface area contributed by atoms with E-state index in [1.807, 2.05) is 18.2 Å². The van der Waals surface area contributed by atoms with E-state index in [1.165, 1.54) is 12.3 Å². The Kier molecular flexibility index (Phi) is 4.05. The first kappa shape index (κ1) is 12.7. The van der Waals surface area contributed by atoms with Crippen LogP contribution < -0.4 is 5.32 Å². The van der Waals surface area contributed by atoms with Crippen LogP contribution in [0.4, 0.5) is 4.39 Å². The summed E-state index contributed by atoms with van der Waals surface area (Å²) in [6.45, 7) is 5.08. The molecule has 0 radical (unpaired) electrons. The standard InChI is InChI=1S/C15H17FN2/c1-3-18-11(2)14-6-4-5-7-15(14)12-8-13(16)10-17-9-12/h4-11,18H,3H2,1-2H3. The molecule has 1 heterocycles. The van der Waals surface area contributed by atoms with Crippen LogP contribution in [0.3, 0.4) is 0 Å². The zero-order valence-electron chi connectivity index (χ0n) is 10.7. The summed E-state index contributed by atoms with van der Waals surface area (Å²) in [6.07, 6.45) is 2.92. The average molecular weight is 244 g/mol. The Hall–Kier alpha value is -1.74. The van der Waals surface area contributed by atoms with Gasteiger partial charge in [0.05, 0.1) is 6.20 Å². The van der Waals surface area contributed by atoms with Crippen molar-refractivity contribution in [3.8, 4) is 11.1 Å². The Morgan fingerprint density at radius 3 is 2.78 bits per heavy atom. The average Bonchev–Trinajstić information content (AvgIpc) is 2.39. The summed E-state index contributed by atoms with van der Waals surface area (Å²) in [5.41, 5.74) is 3.00. The topological polar surface area (TPSA) is 24.9 Å². The molecule has 2 aromatic rings. The highest BCUT2D eigenvalue weighted by atomic mass is 19.1. The van der Waals surface area contributed by atoms with E-state index in [4.69, 9.17) is 0 Å². The van der Waals surface area contributed by atoms with Gasteiger partial charge < -0.3 is 5.32 Å². The van der Waals surface area contributed by atoms with Crippen molar-refractivity contribution in [1.82, 2.24) is 10.3 Å². The molecule has 0 spiro atoms. The number of halogens is 1. The van der Waals surface area contributed by atoms with Crippen LogP contribution in [0.15, 0.2) is 42.7 Å². The minimum absolute atomic E-state index is 0.231. The molecule has 1 aromatic heterocycles. The van der Waals surface area contributed by atoms with Gasteiger partial charge >= 0.3 is 0 Å². The SMILES string of the molecule is CCNC(C)c1ccccc1-c1cncc(F)c1. The lowest BCUT2D eigenvalue weighted by atomic mass is 9.96. The van der Waals surface area contributed by atoms with E-state index in [1.54, 1.807) is 6.20 Å². The minimum atomic E-state index is -0.307. The maximum atomic E-state index is 13.3. The lowest BCUT2D eigenvalue weighted by Gasteiger charge is -2.17. The normalized spacial score (nSPS) is 12.4. The van der Waals surface area contributed by atoms with Crippen LogP contribution in [0.2, 0.25) is 0 Å². The molecule has 0 fully saturated rings. The van der Waals surface area contributed by atoms with Crippen LogP contribution in [0.1, 0.15) is 25.5 Å². The Morgan fingerprint density at radius 1 is 1.28 bits per heavy atom. The summed E-state index contributed by atoms with van der Waals surface area (Å²) in [5.74, 6) is -0.307. The number of rotatable bonds is 4. The lowest BCUT2D eigenvalue weighted by Crippen LogP contribution is -2.18. The second-order valence-corrected chi connectivity index (χ2v) is 4.26. The molecule has 0 aliphatic heterocycles. The van der Waals surface area contributed by atoms with Crippen LogP contribution in [0.25, 0.3) is 11.1 Å². The van der Waals surface area contributed by atoms with Crippen LogP contribution in [0.5, 0.6) is 0 Å². The Bertz CT molecular complexity index is 525. The van der Waals surface area contributed by atoms with Crippen LogP contribution in [0, 0.1) is 5.82 Å². The largest absolute Gasteiger partial charge is 0.310 e. The van der Waals surface area contributed by atoms with E-state index >= 15 is 0 Å². The molecular weight excluding hydrogens is 227 g/mol. The molecule has 0 aliphatic carbocycles. The Balaban J connectivity index is 2.44. The zero-order valence-corrected chi connectivity index (χ0v) is 10.7. The summed E-state index contributed by atoms with van der Waals surface area (Å²) in [6, 6.07) is 9.77. The van der Waals surface area contributed by atoms with Crippen molar-refractivity contribution in [1.29, 1.82) is 0 Å². The van der Waals surface area contributed by atoms with E-state index in [-0.39, 0.29) is 11.9 Å². The van der Waals surface area contributed by atoms with Gasteiger partial charge in [0, 0.05) is 17.8 Å². The Labute approximate surface area is 107 Å². The van der Waals surface area contributed by atoms with E-state index in [0.717, 1.165) is 23.2 Å². The molecule has 0 amide bonds. The fourth-order valence-corrected chi connectivity index (χ4v) is 2.11. The summed E-state index contributed by atoms with van der Waals surface area (Å²) < 4.78 is 13.3. The number of benzene rings is 1. The fourth-order valence-electron chi connectivity index (χ4n) is 2.11. The molecule has 1 unspecified atom stereocenters. The molecule has 2 nitrogen and oxygen atoms in total. The van der Waals surface area contributed by atoms with Gasteiger partial charge in [0.25, 0.3) is 0 Å². The molecule has 94 valence electrons. The number of pyridine rings is 1. The third kappa shape index (κ3) is 2.74. The first-order chi connectivity index (χ1) is 8.72. The van der Waals surface area contributed by atoms with E-state index in [9.17, 15) is 4.39 Å². The molecule has 0 saturated carbocycles. The maximum Gasteiger partial charge on any atom is 0.142 e. The molecule has 1 N–H and O–H groups in total. The predicted octanol–water partition coefficient (Wildman–Crippen LogP) is 3.56. The van der Waals surface area contributed by atoms with Crippen LogP contribution in [-0.2, 0) is 0 Å². The van der Waals surface area contributed by atoms with Gasteiger partial charge in [-0.3, -0.25) is 4.98 Å². The molecule has 0 bridgehead atoms. The first-order valence-corrected chi connectivity index (χ1v) is 6.15. The van der Waals surface area contributed by atoms with Crippen molar-refractivity contribution in [3.63, 3.8) is 0 Å². The summed E-state index contributed by atoms with van der Waals surface area (Å²) in [5, 5.41) is 3.37. The van der Waals surface area contributed by atoms with Gasteiger partial charge in [-0.15, -0.1) is 0 Å². The minimum Gasteiger partial charge on any atom is -0.310 e. The second kappa shape index (κ2) is 5.74. The van der Waals surface area contributed by atoms with Gasteiger partial charge in [0.1, 0.15) is 5.82 Å². The van der Waals surface area contributed by atoms with Crippen molar-refractivity contribution in [3.05, 3.63) is 54.1 Å². The zero-order chi connectivity index (χ0) is 13.0. The summed E-state index contributed by atoms with van der Waals surface area (Å²) >= 11 is 0. The monoisotopic (exact) mass is 244 g/mol. The molecular formula is C15H17FN2. The van der Waals surface area contributed by atoms with Crippen molar-refractivity contribution >= 4 is 0 Å². The van der Waals surface area contributed by atoms with E-state index < -0.39 is 0 Å². The highest BCUT2D eigenvalue weighted by molar-refractivity contribution is 5.67. The molecule has 3 heteroatoms. The van der Waals surface area contributed by atoms with Gasteiger partial charge in [-0.1, -0.05) is 31.2 Å². The van der Waals surface area contributed by atoms with Crippen molar-refractivity contribution in [2.75, 3.05) is 6.54 Å². The predicted molar refractivity (Wildman–Crippen MR) is 71.7 cm³/mol. The van der Waals surface area contributed by atoms with Gasteiger partial charge in [-0.05, 0) is 30.7 Å². The number of hydrogen-bond donors (Lipinski definition) is 1. The Morgan fingerprint density at radius 2 is 2.06 bits per heavy atom. The maximum absolute atomic E-state index is 13.3. The number of aromatic nitrogens is 1. The number of nitrogens with one attached hydrogen (secondary N) is 1. The molecule has 0 aliphatic rings. The van der Waals surface area contributed by atoms with Crippen molar-refractivity contribution in [2.45, 2.75) is 19.9 Å². The first-order valence-electron chi connectivity index (χ1n) is 6.15. The third-order valence-corrected chi connectivity index (χ3v) is 2.95. The van der Waals surface area contributed by atoms with Gasteiger partial charge in [-0.25, -0.2) is 4.39 Å². The van der Waals surface area contributed by atoms with Crippen LogP contribution >= 0.6 is 0 Å². The van der Waals surface area contributed by atoms with E-state index in [0.29, 0.717) is 0 Å². The smallest absolute Gasteiger partial charge is 0.142 e. The lowest BCUT2D eigenvalue weighted by molar-refractivity contribution is 0.599. The van der Waals surface area contributed by atoms with Crippen molar-refractivity contribution in [2.24, 2.45) is 0 Å². The quantitative estimate of drug-likeness (QED) is 0.889. The van der Waals surface area contributed by atoms with Gasteiger partial charge in [0.15, 0.2) is 0 Å². The molecule has 18 heavy (non-hydrogen) atoms. The summed E-state index contributed by atoms with van der Waals surface area (Å²) in [7, 11) is 0. The number of hydrogen-bond acceptors (Lipinski definition) is 2. The molecule has 1 atom stereocenters. The van der Waals surface area contributed by atoms with Crippen LogP contribution in [-0.4, -0.2) is 11.5 Å². The summed E-state index contributed by atoms with van der Waals surface area (Å²) in [4.78, 5) is 3.91. The molecule has 0 saturated heterocycles. The number of nitrogens with zero attached hydrogens (tertiary/aromatic N) is 1. The fraction of sp³-hybridized carbons (Fsp3) is 0.267. The third-order valence-electron chi connectivity index (χ3n) is 2.95. The van der Waals surface area contributed by atoms with E-state index in [2.05, 4.69) is 30.2 Å². The van der Waals surface area contributed by atoms with Gasteiger partial charge in [-0.2, -0.15) is 0 Å². The highest BCUT2D eigenvalue weighted by Gasteiger charge is 2.11. The second-order valence-electron chi connectivity index (χ2n) is 4.26. The van der Waals surface area contributed by atoms with Gasteiger partial charge in [0.2, 0.25) is 0 Å². The molecule has 1 aromatic carbocycles. The molecule has 2 rings (SSSR count).